The van der Waals surface area contributed by atoms with E-state index in [0.717, 1.165) is 19.3 Å². The monoisotopic (exact) mass is 417 g/mol. The van der Waals surface area contributed by atoms with Gasteiger partial charge in [0.1, 0.15) is 11.5 Å². The summed E-state index contributed by atoms with van der Waals surface area (Å²) in [6, 6.07) is 6.01. The van der Waals surface area contributed by atoms with Gasteiger partial charge in [0, 0.05) is 6.54 Å². The van der Waals surface area contributed by atoms with Crippen LogP contribution in [-0.2, 0) is 4.79 Å². The minimum Gasteiger partial charge on any atom is -0.508 e. The highest BCUT2D eigenvalue weighted by Gasteiger charge is 2.34. The largest absolute Gasteiger partial charge is 0.508 e. The van der Waals surface area contributed by atoms with E-state index in [4.69, 9.17) is 4.74 Å². The van der Waals surface area contributed by atoms with Crippen LogP contribution in [0.5, 0.6) is 11.5 Å². The number of aromatic nitrogens is 3. The number of hydrogen-bond acceptors (Lipinski definition) is 7. The minimum atomic E-state index is -0.889. The van der Waals surface area contributed by atoms with Gasteiger partial charge in [-0.25, -0.2) is 9.89 Å². The third-order valence-corrected chi connectivity index (χ3v) is 4.94. The van der Waals surface area contributed by atoms with Crippen LogP contribution in [0.1, 0.15) is 42.6 Å². The van der Waals surface area contributed by atoms with Crippen molar-refractivity contribution >= 4 is 11.8 Å². The van der Waals surface area contributed by atoms with Crippen LogP contribution in [0, 0.1) is 0 Å². The number of rotatable bonds is 7. The molecule has 1 aromatic carbocycles. The first-order valence-corrected chi connectivity index (χ1v) is 9.57. The van der Waals surface area contributed by atoms with E-state index in [1.807, 2.05) is 10.1 Å². The fraction of sp³-hybridized carbons (Fsp3) is 0.421. The molecule has 0 bridgehead atoms. The van der Waals surface area contributed by atoms with Crippen LogP contribution < -0.4 is 26.6 Å². The van der Waals surface area contributed by atoms with Crippen molar-refractivity contribution < 1.29 is 19.4 Å². The Kier molecular flexibility index (Phi) is 6.50. The summed E-state index contributed by atoms with van der Waals surface area (Å²) in [5, 5.41) is 20.4. The van der Waals surface area contributed by atoms with Crippen molar-refractivity contribution in [3.05, 3.63) is 50.8 Å². The number of carbonyl (C=O) groups excluding carboxylic acids is 2. The molecule has 1 aliphatic carbocycles. The lowest BCUT2D eigenvalue weighted by Crippen LogP contribution is -2.57. The summed E-state index contributed by atoms with van der Waals surface area (Å²) < 4.78 is 5.43. The summed E-state index contributed by atoms with van der Waals surface area (Å²) in [7, 11) is 0. The molecule has 0 unspecified atom stereocenters. The van der Waals surface area contributed by atoms with Crippen LogP contribution in [-0.4, -0.2) is 50.8 Å². The summed E-state index contributed by atoms with van der Waals surface area (Å²) in [5.41, 5.74) is -2.82. The van der Waals surface area contributed by atoms with Gasteiger partial charge < -0.3 is 20.5 Å². The van der Waals surface area contributed by atoms with E-state index in [1.165, 1.54) is 12.1 Å². The Hall–Kier alpha value is -3.63. The lowest BCUT2D eigenvalue weighted by Gasteiger charge is -2.38. The van der Waals surface area contributed by atoms with E-state index in [1.54, 1.807) is 12.1 Å². The molecule has 0 saturated heterocycles. The topological polar surface area (TPSA) is 166 Å². The number of amides is 2. The van der Waals surface area contributed by atoms with E-state index in [9.17, 15) is 24.3 Å². The molecule has 0 atom stereocenters. The van der Waals surface area contributed by atoms with Crippen molar-refractivity contribution in [3.8, 4) is 11.5 Å². The van der Waals surface area contributed by atoms with Gasteiger partial charge in [0.05, 0.1) is 5.54 Å². The molecule has 5 N–H and O–H groups in total. The molecule has 0 radical (unpaired) electrons. The summed E-state index contributed by atoms with van der Waals surface area (Å²) in [6.45, 7) is -0.112. The zero-order chi connectivity index (χ0) is 21.6. The fourth-order valence-electron chi connectivity index (χ4n) is 3.43. The molecule has 0 spiro atoms. The van der Waals surface area contributed by atoms with Crippen molar-refractivity contribution in [1.82, 2.24) is 25.8 Å². The molecule has 3 rings (SSSR count). The zero-order valence-electron chi connectivity index (χ0n) is 16.2. The number of aromatic amines is 2. The van der Waals surface area contributed by atoms with Crippen molar-refractivity contribution in [1.29, 1.82) is 0 Å². The van der Waals surface area contributed by atoms with Crippen LogP contribution >= 0.6 is 0 Å². The SMILES string of the molecule is O=C(COc1ccc(O)cc1)NC1(CNC(=O)c2n[nH]c(=O)[nH]c2=O)CCCCC1. The number of phenolic OH excluding ortho intramolecular Hbond substituents is 1. The highest BCUT2D eigenvalue weighted by molar-refractivity contribution is 5.91. The van der Waals surface area contributed by atoms with Gasteiger partial charge in [-0.1, -0.05) is 19.3 Å². The van der Waals surface area contributed by atoms with E-state index < -0.39 is 28.4 Å². The standard InChI is InChI=1S/C19H23N5O6/c25-12-4-6-13(7-5-12)30-10-14(26)22-19(8-2-1-3-9-19)11-20-16(27)15-17(28)21-18(29)24-23-15/h4-7,25H,1-3,8-11H2,(H,20,27)(H,22,26)(H2,21,24,28,29). The van der Waals surface area contributed by atoms with Gasteiger partial charge in [0.15, 0.2) is 6.61 Å². The first kappa shape index (κ1) is 21.1. The number of nitrogens with zero attached hydrogens (tertiary/aromatic N) is 1. The molecule has 1 saturated carbocycles. The van der Waals surface area contributed by atoms with Gasteiger partial charge in [-0.2, -0.15) is 5.10 Å². The predicted octanol–water partition coefficient (Wildman–Crippen LogP) is -0.208. The van der Waals surface area contributed by atoms with Crippen LogP contribution in [0.2, 0.25) is 0 Å². The van der Waals surface area contributed by atoms with E-state index in [0.29, 0.717) is 18.6 Å². The van der Waals surface area contributed by atoms with E-state index in [-0.39, 0.29) is 24.8 Å². The summed E-state index contributed by atoms with van der Waals surface area (Å²) in [5.74, 6) is -0.553. The van der Waals surface area contributed by atoms with Crippen LogP contribution in [0.3, 0.4) is 0 Å². The maximum absolute atomic E-state index is 12.5. The quantitative estimate of drug-likeness (QED) is 0.416. The number of nitrogens with one attached hydrogen (secondary N) is 4. The van der Waals surface area contributed by atoms with E-state index in [2.05, 4.69) is 15.7 Å². The second kappa shape index (κ2) is 9.25. The third-order valence-electron chi connectivity index (χ3n) is 4.94. The Morgan fingerprint density at radius 2 is 1.83 bits per heavy atom. The molecule has 0 aliphatic heterocycles. The van der Waals surface area contributed by atoms with Gasteiger partial charge >= 0.3 is 5.69 Å². The third kappa shape index (κ3) is 5.46. The Morgan fingerprint density at radius 1 is 1.13 bits per heavy atom. The lowest BCUT2D eigenvalue weighted by molar-refractivity contribution is -0.125. The summed E-state index contributed by atoms with van der Waals surface area (Å²) in [4.78, 5) is 49.5. The Bertz CT molecular complexity index is 1010. The Labute approximate surface area is 170 Å². The lowest BCUT2D eigenvalue weighted by atomic mass is 9.81. The van der Waals surface area contributed by atoms with Gasteiger partial charge in [0.2, 0.25) is 5.69 Å². The number of H-pyrrole nitrogens is 2. The molecule has 1 aliphatic rings. The normalized spacial score (nSPS) is 15.2. The number of ether oxygens (including phenoxy) is 1. The smallest absolute Gasteiger partial charge is 0.342 e. The maximum atomic E-state index is 12.5. The average molecular weight is 417 g/mol. The molecule has 1 heterocycles. The number of hydrogen-bond donors (Lipinski definition) is 5. The number of carbonyl (C=O) groups is 2. The number of aromatic hydroxyl groups is 1. The number of phenols is 1. The van der Waals surface area contributed by atoms with Gasteiger partial charge in [-0.15, -0.1) is 0 Å². The van der Waals surface area contributed by atoms with Crippen LogP contribution in [0.15, 0.2) is 33.9 Å². The highest BCUT2D eigenvalue weighted by Crippen LogP contribution is 2.28. The summed E-state index contributed by atoms with van der Waals surface area (Å²) in [6.07, 6.45) is 4.11. The number of benzene rings is 1. The fourth-order valence-corrected chi connectivity index (χ4v) is 3.43. The van der Waals surface area contributed by atoms with E-state index >= 15 is 0 Å². The highest BCUT2D eigenvalue weighted by atomic mass is 16.5. The first-order valence-electron chi connectivity index (χ1n) is 9.57. The molecule has 160 valence electrons. The molecule has 2 aromatic rings. The van der Waals surface area contributed by atoms with Crippen LogP contribution in [0.4, 0.5) is 0 Å². The second-order valence-electron chi connectivity index (χ2n) is 7.21. The molecule has 2 amide bonds. The average Bonchev–Trinajstić information content (AvgIpc) is 2.72. The van der Waals surface area contributed by atoms with Gasteiger partial charge in [-0.05, 0) is 37.1 Å². The summed E-state index contributed by atoms with van der Waals surface area (Å²) >= 11 is 0. The molecular formula is C19H23N5O6. The van der Waals surface area contributed by atoms with Crippen LogP contribution in [0.25, 0.3) is 0 Å². The first-order chi connectivity index (χ1) is 14.4. The Morgan fingerprint density at radius 3 is 2.50 bits per heavy atom. The molecule has 1 fully saturated rings. The zero-order valence-corrected chi connectivity index (χ0v) is 16.2. The molecule has 1 aromatic heterocycles. The van der Waals surface area contributed by atoms with Crippen molar-refractivity contribution in [2.45, 2.75) is 37.6 Å². The van der Waals surface area contributed by atoms with Gasteiger partial charge in [0.25, 0.3) is 17.4 Å². The molecule has 11 heteroatoms. The Balaban J connectivity index is 1.61. The maximum Gasteiger partial charge on any atom is 0.342 e. The van der Waals surface area contributed by atoms with Crippen molar-refractivity contribution in [2.75, 3.05) is 13.2 Å². The minimum absolute atomic E-state index is 0.0968. The predicted molar refractivity (Wildman–Crippen MR) is 105 cm³/mol. The molecule has 11 nitrogen and oxygen atoms in total. The molecular weight excluding hydrogens is 394 g/mol. The van der Waals surface area contributed by atoms with Crippen molar-refractivity contribution in [3.63, 3.8) is 0 Å². The van der Waals surface area contributed by atoms with Gasteiger partial charge in [-0.3, -0.25) is 19.4 Å². The van der Waals surface area contributed by atoms with Crippen molar-refractivity contribution in [2.24, 2.45) is 0 Å². The molecule has 30 heavy (non-hydrogen) atoms. The second-order valence-corrected chi connectivity index (χ2v) is 7.21.